The molecule has 2 heterocycles. The van der Waals surface area contributed by atoms with Gasteiger partial charge >= 0.3 is 0 Å². The molecule has 0 saturated heterocycles. The van der Waals surface area contributed by atoms with Crippen LogP contribution in [0.3, 0.4) is 0 Å². The van der Waals surface area contributed by atoms with Crippen molar-refractivity contribution < 1.29 is 13.9 Å². The Bertz CT molecular complexity index is 1050. The molecule has 4 aromatic rings. The van der Waals surface area contributed by atoms with Gasteiger partial charge in [-0.05, 0) is 18.2 Å². The highest BCUT2D eigenvalue weighted by Gasteiger charge is 2.14. The number of H-pyrrole nitrogens is 1. The molecule has 0 aliphatic rings. The third kappa shape index (κ3) is 1.87. The van der Waals surface area contributed by atoms with Crippen molar-refractivity contribution >= 4 is 32.8 Å². The molecule has 0 unspecified atom stereocenters. The fourth-order valence-corrected chi connectivity index (χ4v) is 2.69. The van der Waals surface area contributed by atoms with Crippen LogP contribution in [0.4, 0.5) is 0 Å². The van der Waals surface area contributed by atoms with Crippen molar-refractivity contribution in [3.8, 4) is 5.75 Å². The Labute approximate surface area is 125 Å². The number of aromatic nitrogens is 1. The second kappa shape index (κ2) is 4.89. The lowest BCUT2D eigenvalue weighted by Gasteiger charge is -2.05. The molecule has 4 rings (SSSR count). The predicted octanol–water partition coefficient (Wildman–Crippen LogP) is 3.41. The second-order valence-electron chi connectivity index (χ2n) is 5.01. The molecule has 0 atom stereocenters. The molecule has 0 aliphatic carbocycles. The Morgan fingerprint density at radius 2 is 2.00 bits per heavy atom. The van der Waals surface area contributed by atoms with Gasteiger partial charge in [-0.15, -0.1) is 0 Å². The normalized spacial score (nSPS) is 11.5. The minimum atomic E-state index is -0.170. The Hall–Kier alpha value is -2.79. The molecule has 0 amide bonds. The van der Waals surface area contributed by atoms with Crippen molar-refractivity contribution in [2.75, 3.05) is 13.9 Å². The highest BCUT2D eigenvalue weighted by molar-refractivity contribution is 6.13. The monoisotopic (exact) mass is 295 g/mol. The zero-order chi connectivity index (χ0) is 15.1. The van der Waals surface area contributed by atoms with E-state index in [0.717, 1.165) is 10.8 Å². The summed E-state index contributed by atoms with van der Waals surface area (Å²) in [4.78, 5) is 15.3. The van der Waals surface area contributed by atoms with Crippen molar-refractivity contribution in [3.63, 3.8) is 0 Å². The van der Waals surface area contributed by atoms with Gasteiger partial charge in [-0.25, -0.2) is 0 Å². The summed E-state index contributed by atoms with van der Waals surface area (Å²) in [6.07, 6.45) is 0. The Morgan fingerprint density at radius 3 is 2.86 bits per heavy atom. The van der Waals surface area contributed by atoms with Gasteiger partial charge in [0.25, 0.3) is 5.56 Å². The van der Waals surface area contributed by atoms with Gasteiger partial charge in [0, 0.05) is 23.9 Å². The Morgan fingerprint density at radius 1 is 1.14 bits per heavy atom. The Kier molecular flexibility index (Phi) is 2.87. The predicted molar refractivity (Wildman–Crippen MR) is 84.4 cm³/mol. The van der Waals surface area contributed by atoms with Crippen LogP contribution in [0, 0.1) is 0 Å². The lowest BCUT2D eigenvalue weighted by molar-refractivity contribution is 0.0512. The van der Waals surface area contributed by atoms with Gasteiger partial charge < -0.3 is 18.9 Å². The van der Waals surface area contributed by atoms with Crippen LogP contribution in [0.25, 0.3) is 32.8 Å². The van der Waals surface area contributed by atoms with E-state index in [1.165, 1.54) is 0 Å². The van der Waals surface area contributed by atoms with Crippen LogP contribution in [-0.4, -0.2) is 18.9 Å². The number of methoxy groups -OCH3 is 1. The molecule has 5 nitrogen and oxygen atoms in total. The molecule has 0 spiro atoms. The maximum atomic E-state index is 12.4. The van der Waals surface area contributed by atoms with Gasteiger partial charge in [0.1, 0.15) is 16.9 Å². The average Bonchev–Trinajstić information content (AvgIpc) is 2.93. The maximum Gasteiger partial charge on any atom is 0.260 e. The van der Waals surface area contributed by atoms with Gasteiger partial charge in [0.2, 0.25) is 0 Å². The van der Waals surface area contributed by atoms with E-state index in [9.17, 15) is 4.79 Å². The van der Waals surface area contributed by atoms with Crippen LogP contribution in [0.2, 0.25) is 0 Å². The summed E-state index contributed by atoms with van der Waals surface area (Å²) in [5.41, 5.74) is 1.80. The summed E-state index contributed by atoms with van der Waals surface area (Å²) in [6.45, 7) is 0.155. The first-order valence-electron chi connectivity index (χ1n) is 6.87. The number of furan rings is 1. The van der Waals surface area contributed by atoms with E-state index in [4.69, 9.17) is 13.9 Å². The SMILES string of the molecule is COCOc1ccc2c(c1)[nH]c(=O)c1c3ccccc3oc21. The molecule has 1 N–H and O–H groups in total. The number of benzene rings is 2. The molecule has 0 saturated carbocycles. The third-order valence-corrected chi connectivity index (χ3v) is 3.65. The molecule has 0 bridgehead atoms. The number of ether oxygens (including phenoxy) is 2. The first-order chi connectivity index (χ1) is 10.8. The zero-order valence-corrected chi connectivity index (χ0v) is 11.9. The summed E-state index contributed by atoms with van der Waals surface area (Å²) in [5.74, 6) is 0.625. The molecular formula is C17H13NO4. The number of aromatic amines is 1. The number of hydrogen-bond donors (Lipinski definition) is 1. The van der Waals surface area contributed by atoms with Crippen molar-refractivity contribution in [1.82, 2.24) is 4.98 Å². The highest BCUT2D eigenvalue weighted by Crippen LogP contribution is 2.31. The number of fused-ring (bicyclic) bond motifs is 5. The van der Waals surface area contributed by atoms with Crippen LogP contribution in [0.1, 0.15) is 0 Å². The zero-order valence-electron chi connectivity index (χ0n) is 11.9. The van der Waals surface area contributed by atoms with Gasteiger partial charge in [-0.3, -0.25) is 4.79 Å². The van der Waals surface area contributed by atoms with Crippen molar-refractivity contribution in [1.29, 1.82) is 0 Å². The van der Waals surface area contributed by atoms with Crippen LogP contribution in [-0.2, 0) is 4.74 Å². The first-order valence-corrected chi connectivity index (χ1v) is 6.87. The van der Waals surface area contributed by atoms with Gasteiger partial charge in [-0.2, -0.15) is 0 Å². The van der Waals surface area contributed by atoms with Gasteiger partial charge in [0.05, 0.1) is 10.9 Å². The topological polar surface area (TPSA) is 64.5 Å². The van der Waals surface area contributed by atoms with Crippen molar-refractivity contribution in [3.05, 3.63) is 52.8 Å². The summed E-state index contributed by atoms with van der Waals surface area (Å²) in [5, 5.41) is 2.24. The van der Waals surface area contributed by atoms with E-state index in [1.54, 1.807) is 13.2 Å². The number of rotatable bonds is 3. The molecule has 22 heavy (non-hydrogen) atoms. The minimum absolute atomic E-state index is 0.155. The average molecular weight is 295 g/mol. The van der Waals surface area contributed by atoms with E-state index in [-0.39, 0.29) is 12.4 Å². The quantitative estimate of drug-likeness (QED) is 0.588. The molecule has 2 aromatic carbocycles. The summed E-state index contributed by atoms with van der Waals surface area (Å²) in [6, 6.07) is 13.0. The molecule has 0 fully saturated rings. The smallest absolute Gasteiger partial charge is 0.260 e. The van der Waals surface area contributed by atoms with Crippen LogP contribution >= 0.6 is 0 Å². The largest absolute Gasteiger partial charge is 0.467 e. The Balaban J connectivity index is 2.05. The maximum absolute atomic E-state index is 12.4. The number of hydrogen-bond acceptors (Lipinski definition) is 4. The molecule has 110 valence electrons. The highest BCUT2D eigenvalue weighted by atomic mass is 16.7. The molecule has 0 aliphatic heterocycles. The van der Waals surface area contributed by atoms with E-state index >= 15 is 0 Å². The van der Waals surface area contributed by atoms with E-state index in [1.807, 2.05) is 36.4 Å². The van der Waals surface area contributed by atoms with Gasteiger partial charge in [0.15, 0.2) is 6.79 Å². The van der Waals surface area contributed by atoms with Gasteiger partial charge in [-0.1, -0.05) is 18.2 Å². The lowest BCUT2D eigenvalue weighted by Crippen LogP contribution is -2.05. The van der Waals surface area contributed by atoms with Crippen LogP contribution in [0.5, 0.6) is 5.75 Å². The number of para-hydroxylation sites is 1. The number of nitrogens with one attached hydrogen (secondary N) is 1. The third-order valence-electron chi connectivity index (χ3n) is 3.65. The second-order valence-corrected chi connectivity index (χ2v) is 5.01. The van der Waals surface area contributed by atoms with E-state index in [2.05, 4.69) is 4.98 Å². The molecule has 5 heteroatoms. The van der Waals surface area contributed by atoms with Crippen LogP contribution < -0.4 is 10.3 Å². The summed E-state index contributed by atoms with van der Waals surface area (Å²) >= 11 is 0. The first kappa shape index (κ1) is 12.9. The molecule has 2 aromatic heterocycles. The van der Waals surface area contributed by atoms with E-state index in [0.29, 0.717) is 27.8 Å². The molecule has 0 radical (unpaired) electrons. The lowest BCUT2D eigenvalue weighted by atomic mass is 10.1. The standard InChI is InChI=1S/C17H13NO4/c1-20-9-21-10-6-7-11-13(8-10)18-17(19)15-12-4-2-3-5-14(12)22-16(11)15/h2-8H,9H2,1H3,(H,18,19). The fourth-order valence-electron chi connectivity index (χ4n) is 2.69. The fraction of sp³-hybridized carbons (Fsp3) is 0.118. The number of pyridine rings is 1. The van der Waals surface area contributed by atoms with Crippen molar-refractivity contribution in [2.45, 2.75) is 0 Å². The molecular weight excluding hydrogens is 282 g/mol. The van der Waals surface area contributed by atoms with E-state index < -0.39 is 0 Å². The summed E-state index contributed by atoms with van der Waals surface area (Å²) < 4.78 is 16.2. The summed E-state index contributed by atoms with van der Waals surface area (Å²) in [7, 11) is 1.56. The van der Waals surface area contributed by atoms with Crippen LogP contribution in [0.15, 0.2) is 51.7 Å². The minimum Gasteiger partial charge on any atom is -0.467 e. The van der Waals surface area contributed by atoms with Crippen molar-refractivity contribution in [2.24, 2.45) is 0 Å².